The van der Waals surface area contributed by atoms with Crippen molar-refractivity contribution in [1.29, 1.82) is 5.26 Å². The highest BCUT2D eigenvalue weighted by atomic mass is 14.9. The zero-order valence-corrected chi connectivity index (χ0v) is 10.9. The molecule has 1 aromatic heterocycles. The molecule has 2 bridgehead atoms. The highest BCUT2D eigenvalue weighted by molar-refractivity contribution is 5.81. The van der Waals surface area contributed by atoms with Crippen LogP contribution in [0.1, 0.15) is 37.1 Å². The standard InChI is InChI=1S/C16H17N3/c17-9-12-2-1-3-14-16(12)19-15(18-14)8-13-7-10-4-5-11(13)6-10/h1-3,10-11,13H,4-8H2,(H,18,19). The van der Waals surface area contributed by atoms with E-state index in [-0.39, 0.29) is 0 Å². The van der Waals surface area contributed by atoms with Crippen molar-refractivity contribution >= 4 is 11.0 Å². The molecule has 1 heterocycles. The fourth-order valence-corrected chi connectivity index (χ4v) is 4.14. The summed E-state index contributed by atoms with van der Waals surface area (Å²) in [5.74, 6) is 3.78. The van der Waals surface area contributed by atoms with E-state index in [9.17, 15) is 0 Å². The van der Waals surface area contributed by atoms with Crippen molar-refractivity contribution in [2.24, 2.45) is 17.8 Å². The van der Waals surface area contributed by atoms with Crippen LogP contribution in [0, 0.1) is 29.1 Å². The second-order valence-corrected chi connectivity index (χ2v) is 6.14. The van der Waals surface area contributed by atoms with Crippen LogP contribution in [0.4, 0.5) is 0 Å². The Morgan fingerprint density at radius 1 is 1.32 bits per heavy atom. The normalized spacial score (nSPS) is 28.9. The number of hydrogen-bond donors (Lipinski definition) is 1. The summed E-state index contributed by atoms with van der Waals surface area (Å²) in [4.78, 5) is 8.05. The summed E-state index contributed by atoms with van der Waals surface area (Å²) >= 11 is 0. The van der Waals surface area contributed by atoms with Crippen LogP contribution >= 0.6 is 0 Å². The Morgan fingerprint density at radius 3 is 3.00 bits per heavy atom. The van der Waals surface area contributed by atoms with Gasteiger partial charge in [0.05, 0.1) is 11.1 Å². The number of H-pyrrole nitrogens is 1. The lowest BCUT2D eigenvalue weighted by Gasteiger charge is -2.20. The lowest BCUT2D eigenvalue weighted by molar-refractivity contribution is 0.327. The van der Waals surface area contributed by atoms with E-state index in [1.165, 1.54) is 25.7 Å². The van der Waals surface area contributed by atoms with Gasteiger partial charge in [-0.25, -0.2) is 4.98 Å². The zero-order chi connectivity index (χ0) is 12.8. The molecule has 3 atom stereocenters. The molecule has 2 aliphatic rings. The first-order valence-electron chi connectivity index (χ1n) is 7.21. The van der Waals surface area contributed by atoms with Crippen molar-refractivity contribution in [2.45, 2.75) is 32.1 Å². The van der Waals surface area contributed by atoms with Crippen LogP contribution in [0.2, 0.25) is 0 Å². The molecule has 96 valence electrons. The van der Waals surface area contributed by atoms with E-state index in [1.54, 1.807) is 0 Å². The number of benzene rings is 1. The fraction of sp³-hybridized carbons (Fsp3) is 0.500. The van der Waals surface area contributed by atoms with Gasteiger partial charge < -0.3 is 4.98 Å². The fourth-order valence-electron chi connectivity index (χ4n) is 4.14. The number of aromatic nitrogens is 2. The van der Waals surface area contributed by atoms with Crippen LogP contribution in [0.15, 0.2) is 18.2 Å². The number of rotatable bonds is 2. The Hall–Kier alpha value is -1.82. The third-order valence-electron chi connectivity index (χ3n) is 5.02. The van der Waals surface area contributed by atoms with Gasteiger partial charge in [0, 0.05) is 6.42 Å². The molecule has 0 spiro atoms. The molecule has 0 saturated heterocycles. The molecule has 0 amide bonds. The number of nitriles is 1. The Morgan fingerprint density at radius 2 is 2.26 bits per heavy atom. The first-order chi connectivity index (χ1) is 9.33. The smallest absolute Gasteiger partial charge is 0.107 e. The lowest BCUT2D eigenvalue weighted by atomic mass is 9.86. The molecule has 1 N–H and O–H groups in total. The van der Waals surface area contributed by atoms with Gasteiger partial charge in [0.15, 0.2) is 0 Å². The van der Waals surface area contributed by atoms with E-state index < -0.39 is 0 Å². The van der Waals surface area contributed by atoms with Crippen molar-refractivity contribution in [1.82, 2.24) is 9.97 Å². The van der Waals surface area contributed by atoms with Gasteiger partial charge in [-0.3, -0.25) is 0 Å². The summed E-state index contributed by atoms with van der Waals surface area (Å²) in [6.07, 6.45) is 6.74. The molecule has 0 aliphatic heterocycles. The van der Waals surface area contributed by atoms with Gasteiger partial charge in [0.1, 0.15) is 17.4 Å². The average Bonchev–Trinajstić information content (AvgIpc) is 3.11. The molecule has 3 unspecified atom stereocenters. The van der Waals surface area contributed by atoms with Crippen LogP contribution in [0.3, 0.4) is 0 Å². The molecule has 2 aromatic rings. The molecular formula is C16H17N3. The average molecular weight is 251 g/mol. The van der Waals surface area contributed by atoms with Crippen LogP contribution in [0.5, 0.6) is 0 Å². The van der Waals surface area contributed by atoms with Crippen molar-refractivity contribution < 1.29 is 0 Å². The second kappa shape index (κ2) is 4.09. The second-order valence-electron chi connectivity index (χ2n) is 6.14. The molecule has 0 radical (unpaired) electrons. The molecule has 3 nitrogen and oxygen atoms in total. The predicted molar refractivity (Wildman–Crippen MR) is 73.5 cm³/mol. The van der Waals surface area contributed by atoms with E-state index in [1.807, 2.05) is 18.2 Å². The van der Waals surface area contributed by atoms with Gasteiger partial charge in [0.2, 0.25) is 0 Å². The third-order valence-corrected chi connectivity index (χ3v) is 5.02. The number of fused-ring (bicyclic) bond motifs is 3. The number of imidazole rings is 1. The Kier molecular flexibility index (Phi) is 2.38. The van der Waals surface area contributed by atoms with Gasteiger partial charge in [-0.1, -0.05) is 12.5 Å². The van der Waals surface area contributed by atoms with E-state index in [4.69, 9.17) is 5.26 Å². The summed E-state index contributed by atoms with van der Waals surface area (Å²) < 4.78 is 0. The van der Waals surface area contributed by atoms with Gasteiger partial charge in [-0.05, 0) is 49.1 Å². The molecule has 4 rings (SSSR count). The van der Waals surface area contributed by atoms with E-state index in [0.29, 0.717) is 5.56 Å². The predicted octanol–water partition coefficient (Wildman–Crippen LogP) is 3.41. The van der Waals surface area contributed by atoms with Crippen LogP contribution in [-0.4, -0.2) is 9.97 Å². The molecule has 2 aliphatic carbocycles. The van der Waals surface area contributed by atoms with Gasteiger partial charge in [0.25, 0.3) is 0 Å². The molecule has 19 heavy (non-hydrogen) atoms. The van der Waals surface area contributed by atoms with Gasteiger partial charge in [-0.15, -0.1) is 0 Å². The van der Waals surface area contributed by atoms with Crippen LogP contribution in [0.25, 0.3) is 11.0 Å². The van der Waals surface area contributed by atoms with Crippen LogP contribution < -0.4 is 0 Å². The van der Waals surface area contributed by atoms with E-state index in [0.717, 1.165) is 41.0 Å². The van der Waals surface area contributed by atoms with Crippen LogP contribution in [-0.2, 0) is 6.42 Å². The van der Waals surface area contributed by atoms with Crippen molar-refractivity contribution in [2.75, 3.05) is 0 Å². The molecule has 1 aromatic carbocycles. The van der Waals surface area contributed by atoms with E-state index in [2.05, 4.69) is 16.0 Å². The minimum Gasteiger partial charge on any atom is -0.342 e. The lowest BCUT2D eigenvalue weighted by Crippen LogP contribution is -2.13. The number of para-hydroxylation sites is 1. The SMILES string of the molecule is N#Cc1cccc2[nH]c(CC3CC4CCC3C4)nc12. The molecule has 2 fully saturated rings. The Labute approximate surface area is 112 Å². The zero-order valence-electron chi connectivity index (χ0n) is 10.9. The number of aromatic amines is 1. The first kappa shape index (κ1) is 11.0. The Balaban J connectivity index is 1.64. The Bertz CT molecular complexity index is 664. The topological polar surface area (TPSA) is 52.5 Å². The van der Waals surface area contributed by atoms with Crippen molar-refractivity contribution in [3.8, 4) is 6.07 Å². The quantitative estimate of drug-likeness (QED) is 0.889. The maximum Gasteiger partial charge on any atom is 0.107 e. The number of hydrogen-bond acceptors (Lipinski definition) is 2. The molecule has 2 saturated carbocycles. The summed E-state index contributed by atoms with van der Waals surface area (Å²) in [6.45, 7) is 0. The maximum absolute atomic E-state index is 9.11. The summed E-state index contributed by atoms with van der Waals surface area (Å²) in [5, 5.41) is 9.11. The minimum atomic E-state index is 0.674. The highest BCUT2D eigenvalue weighted by Crippen LogP contribution is 2.49. The largest absolute Gasteiger partial charge is 0.342 e. The van der Waals surface area contributed by atoms with E-state index >= 15 is 0 Å². The monoisotopic (exact) mass is 251 g/mol. The van der Waals surface area contributed by atoms with Crippen molar-refractivity contribution in [3.63, 3.8) is 0 Å². The highest BCUT2D eigenvalue weighted by Gasteiger charge is 2.39. The number of nitrogens with one attached hydrogen (secondary N) is 1. The first-order valence-corrected chi connectivity index (χ1v) is 7.21. The summed E-state index contributed by atoms with van der Waals surface area (Å²) in [5.41, 5.74) is 2.51. The molecule has 3 heteroatoms. The third kappa shape index (κ3) is 1.74. The van der Waals surface area contributed by atoms with Gasteiger partial charge >= 0.3 is 0 Å². The minimum absolute atomic E-state index is 0.674. The molecular weight excluding hydrogens is 234 g/mol. The van der Waals surface area contributed by atoms with Gasteiger partial charge in [-0.2, -0.15) is 5.26 Å². The number of nitrogens with zero attached hydrogens (tertiary/aromatic N) is 2. The van der Waals surface area contributed by atoms with Crippen molar-refractivity contribution in [3.05, 3.63) is 29.6 Å². The maximum atomic E-state index is 9.11. The summed E-state index contributed by atoms with van der Waals surface area (Å²) in [6, 6.07) is 7.98. The summed E-state index contributed by atoms with van der Waals surface area (Å²) in [7, 11) is 0.